The van der Waals surface area contributed by atoms with E-state index < -0.39 is 15.3 Å². The molecule has 1 saturated carbocycles. The summed E-state index contributed by atoms with van der Waals surface area (Å²) in [6.45, 7) is 2.95. The number of sulfonamides is 1. The molecule has 0 radical (unpaired) electrons. The Labute approximate surface area is 137 Å². The fourth-order valence-corrected chi connectivity index (χ4v) is 4.93. The number of aromatic nitrogens is 2. The van der Waals surface area contributed by atoms with Gasteiger partial charge in [-0.15, -0.1) is 0 Å². The van der Waals surface area contributed by atoms with Gasteiger partial charge in [0.25, 0.3) is 0 Å². The first-order valence-corrected chi connectivity index (χ1v) is 9.77. The van der Waals surface area contributed by atoms with Crippen molar-refractivity contribution in [1.29, 1.82) is 0 Å². The van der Waals surface area contributed by atoms with E-state index in [1.807, 2.05) is 6.92 Å². The zero-order valence-electron chi connectivity index (χ0n) is 13.4. The molecule has 1 N–H and O–H groups in total. The third-order valence-corrected chi connectivity index (χ3v) is 6.60. The number of amides is 1. The van der Waals surface area contributed by atoms with Gasteiger partial charge < -0.3 is 4.90 Å². The lowest BCUT2D eigenvalue weighted by atomic mass is 10.0. The molecule has 23 heavy (non-hydrogen) atoms. The highest BCUT2D eigenvalue weighted by atomic mass is 32.2. The van der Waals surface area contributed by atoms with Gasteiger partial charge in [-0.2, -0.15) is 5.10 Å². The normalized spacial score (nSPS) is 21.3. The minimum absolute atomic E-state index is 0.116. The van der Waals surface area contributed by atoms with Crippen molar-refractivity contribution in [3.63, 3.8) is 0 Å². The van der Waals surface area contributed by atoms with E-state index in [1.54, 1.807) is 28.0 Å². The number of carbonyl (C=O) groups is 1. The Bertz CT molecular complexity index is 632. The van der Waals surface area contributed by atoms with Crippen molar-refractivity contribution in [2.24, 2.45) is 5.92 Å². The molecule has 2 fully saturated rings. The molecule has 1 atom stereocenters. The lowest BCUT2D eigenvalue weighted by Crippen LogP contribution is -2.61. The molecule has 1 aliphatic carbocycles. The molecule has 0 spiro atoms. The molecule has 2 heterocycles. The molecule has 1 saturated heterocycles. The van der Waals surface area contributed by atoms with Crippen LogP contribution in [-0.4, -0.2) is 53.4 Å². The van der Waals surface area contributed by atoms with Crippen LogP contribution in [0, 0.1) is 5.92 Å². The highest BCUT2D eigenvalue weighted by Crippen LogP contribution is 2.29. The van der Waals surface area contributed by atoms with Gasteiger partial charge in [0.1, 0.15) is 5.25 Å². The molecule has 1 amide bonds. The Morgan fingerprint density at radius 1 is 1.35 bits per heavy atom. The zero-order chi connectivity index (χ0) is 16.4. The highest BCUT2D eigenvalue weighted by molar-refractivity contribution is 7.90. The molecular weight excluding hydrogens is 316 g/mol. The van der Waals surface area contributed by atoms with Crippen LogP contribution in [0.2, 0.25) is 0 Å². The van der Waals surface area contributed by atoms with Gasteiger partial charge >= 0.3 is 0 Å². The molecule has 1 aromatic heterocycles. The third kappa shape index (κ3) is 3.74. The average Bonchev–Trinajstić information content (AvgIpc) is 3.07. The number of carbonyl (C=O) groups excluding carboxylic acids is 1. The standard InChI is InChI=1S/C15H24N4O3S/c1-12(9-19-8-4-7-16-19)17-23(21,22)14-10-18(11-14)15(20)13-5-2-3-6-13/h4,7-8,12-14,17H,2-3,5-6,9-11H2,1H3/t12-/m0/s1. The zero-order valence-corrected chi connectivity index (χ0v) is 14.2. The molecule has 0 aromatic carbocycles. The van der Waals surface area contributed by atoms with Crippen LogP contribution in [0.5, 0.6) is 0 Å². The quantitative estimate of drug-likeness (QED) is 0.821. The Morgan fingerprint density at radius 2 is 2.04 bits per heavy atom. The van der Waals surface area contributed by atoms with E-state index in [9.17, 15) is 13.2 Å². The van der Waals surface area contributed by atoms with E-state index in [0.29, 0.717) is 19.6 Å². The predicted molar refractivity (Wildman–Crippen MR) is 86.1 cm³/mol. The van der Waals surface area contributed by atoms with E-state index in [0.717, 1.165) is 25.7 Å². The van der Waals surface area contributed by atoms with Crippen LogP contribution in [0.15, 0.2) is 18.5 Å². The fourth-order valence-electron chi connectivity index (χ4n) is 3.35. The number of likely N-dealkylation sites (tertiary alicyclic amines) is 1. The SMILES string of the molecule is C[C@@H](Cn1cccn1)NS(=O)(=O)C1CN(C(=O)C2CCCC2)C1. The summed E-state index contributed by atoms with van der Waals surface area (Å²) < 4.78 is 29.1. The van der Waals surface area contributed by atoms with Crippen LogP contribution < -0.4 is 4.72 Å². The van der Waals surface area contributed by atoms with Gasteiger partial charge in [-0.1, -0.05) is 12.8 Å². The van der Waals surface area contributed by atoms with E-state index in [2.05, 4.69) is 9.82 Å². The Kier molecular flexibility index (Phi) is 4.72. The molecule has 3 rings (SSSR count). The number of rotatable bonds is 6. The fraction of sp³-hybridized carbons (Fsp3) is 0.733. The number of hydrogen-bond donors (Lipinski definition) is 1. The van der Waals surface area contributed by atoms with Crippen molar-refractivity contribution in [3.05, 3.63) is 18.5 Å². The molecule has 0 bridgehead atoms. The van der Waals surface area contributed by atoms with Crippen LogP contribution in [0.4, 0.5) is 0 Å². The van der Waals surface area contributed by atoms with E-state index in [4.69, 9.17) is 0 Å². The molecule has 128 valence electrons. The Morgan fingerprint density at radius 3 is 2.65 bits per heavy atom. The van der Waals surface area contributed by atoms with Crippen LogP contribution in [-0.2, 0) is 21.4 Å². The smallest absolute Gasteiger partial charge is 0.225 e. The summed E-state index contributed by atoms with van der Waals surface area (Å²) in [6.07, 6.45) is 7.59. The van der Waals surface area contributed by atoms with Crippen molar-refractivity contribution in [2.45, 2.75) is 50.4 Å². The first-order chi connectivity index (χ1) is 11.0. The van der Waals surface area contributed by atoms with Crippen molar-refractivity contribution in [1.82, 2.24) is 19.4 Å². The Hall–Kier alpha value is -1.41. The van der Waals surface area contributed by atoms with Gasteiger partial charge in [-0.3, -0.25) is 9.48 Å². The summed E-state index contributed by atoms with van der Waals surface area (Å²) in [6, 6.07) is 1.57. The molecule has 0 unspecified atom stereocenters. The minimum Gasteiger partial charge on any atom is -0.340 e. The van der Waals surface area contributed by atoms with Crippen LogP contribution in [0.1, 0.15) is 32.6 Å². The second-order valence-electron chi connectivity index (χ2n) is 6.64. The van der Waals surface area contributed by atoms with E-state index in [1.165, 1.54) is 0 Å². The summed E-state index contributed by atoms with van der Waals surface area (Å²) >= 11 is 0. The van der Waals surface area contributed by atoms with Crippen molar-refractivity contribution in [2.75, 3.05) is 13.1 Å². The molecular formula is C15H24N4O3S. The summed E-state index contributed by atoms with van der Waals surface area (Å²) in [7, 11) is -3.40. The summed E-state index contributed by atoms with van der Waals surface area (Å²) in [5.41, 5.74) is 0. The lowest BCUT2D eigenvalue weighted by Gasteiger charge is -2.40. The molecule has 1 aliphatic heterocycles. The maximum atomic E-state index is 12.4. The molecule has 8 heteroatoms. The van der Waals surface area contributed by atoms with Gasteiger partial charge in [0, 0.05) is 37.4 Å². The van der Waals surface area contributed by atoms with Crippen molar-refractivity contribution in [3.8, 4) is 0 Å². The number of nitrogens with zero attached hydrogens (tertiary/aromatic N) is 3. The van der Waals surface area contributed by atoms with Crippen molar-refractivity contribution >= 4 is 15.9 Å². The molecule has 2 aliphatic rings. The summed E-state index contributed by atoms with van der Waals surface area (Å²) in [5.74, 6) is 0.254. The summed E-state index contributed by atoms with van der Waals surface area (Å²) in [4.78, 5) is 13.9. The molecule has 7 nitrogen and oxygen atoms in total. The van der Waals surface area contributed by atoms with E-state index >= 15 is 0 Å². The first-order valence-electron chi connectivity index (χ1n) is 8.23. The highest BCUT2D eigenvalue weighted by Gasteiger charge is 2.42. The van der Waals surface area contributed by atoms with Gasteiger partial charge in [-0.05, 0) is 25.8 Å². The third-order valence-electron chi connectivity index (χ3n) is 4.69. The first kappa shape index (κ1) is 16.4. The molecule has 1 aromatic rings. The average molecular weight is 340 g/mol. The maximum Gasteiger partial charge on any atom is 0.225 e. The van der Waals surface area contributed by atoms with Crippen LogP contribution in [0.3, 0.4) is 0 Å². The van der Waals surface area contributed by atoms with Gasteiger partial charge in [0.05, 0.1) is 6.54 Å². The van der Waals surface area contributed by atoms with Gasteiger partial charge in [-0.25, -0.2) is 13.1 Å². The largest absolute Gasteiger partial charge is 0.340 e. The second-order valence-corrected chi connectivity index (χ2v) is 8.63. The lowest BCUT2D eigenvalue weighted by molar-refractivity contribution is -0.138. The van der Waals surface area contributed by atoms with Crippen LogP contribution >= 0.6 is 0 Å². The maximum absolute atomic E-state index is 12.4. The van der Waals surface area contributed by atoms with Crippen LogP contribution in [0.25, 0.3) is 0 Å². The number of hydrogen-bond acceptors (Lipinski definition) is 4. The van der Waals surface area contributed by atoms with Crippen molar-refractivity contribution < 1.29 is 13.2 Å². The summed E-state index contributed by atoms with van der Waals surface area (Å²) in [5, 5.41) is 3.58. The monoisotopic (exact) mass is 340 g/mol. The second kappa shape index (κ2) is 6.60. The van der Waals surface area contributed by atoms with E-state index in [-0.39, 0.29) is 17.9 Å². The minimum atomic E-state index is -3.40. The Balaban J connectivity index is 1.48. The predicted octanol–water partition coefficient (Wildman–Crippen LogP) is 0.592. The number of nitrogens with one attached hydrogen (secondary N) is 1. The topological polar surface area (TPSA) is 84.3 Å². The van der Waals surface area contributed by atoms with Gasteiger partial charge in [0.2, 0.25) is 15.9 Å². The van der Waals surface area contributed by atoms with Gasteiger partial charge in [0.15, 0.2) is 0 Å².